The fourth-order valence-corrected chi connectivity index (χ4v) is 4.10. The van der Waals surface area contributed by atoms with E-state index in [9.17, 15) is 13.6 Å². The number of piperidine rings is 1. The van der Waals surface area contributed by atoms with Gasteiger partial charge in [-0.25, -0.2) is 8.78 Å². The summed E-state index contributed by atoms with van der Waals surface area (Å²) in [6.45, 7) is 3.16. The van der Waals surface area contributed by atoms with Crippen LogP contribution in [0, 0.1) is 5.92 Å². The second kappa shape index (κ2) is 10.0. The van der Waals surface area contributed by atoms with Gasteiger partial charge in [0.05, 0.1) is 12.6 Å². The number of carbonyl (C=O) groups is 1. The molecule has 2 aliphatic heterocycles. The van der Waals surface area contributed by atoms with Gasteiger partial charge in [-0.1, -0.05) is 6.07 Å². The molecule has 0 bridgehead atoms. The van der Waals surface area contributed by atoms with Crippen LogP contribution in [0.4, 0.5) is 8.78 Å². The summed E-state index contributed by atoms with van der Waals surface area (Å²) in [5.74, 6) is -2.66. The molecule has 9 heteroatoms. The second-order valence-electron chi connectivity index (χ2n) is 6.56. The Bertz CT molecular complexity index is 533. The SMILES string of the molecule is Cl.Cl.O=C(NCC1CCCN(Cc2cccs2)C1)C1CC(F)(F)CN1. The normalized spacial score (nSPS) is 25.7. The Balaban J connectivity index is 0.00000156. The third-order valence-corrected chi connectivity index (χ3v) is 5.42. The fraction of sp³-hybridized carbons (Fsp3) is 0.688. The topological polar surface area (TPSA) is 44.4 Å². The van der Waals surface area contributed by atoms with E-state index in [0.717, 1.165) is 32.5 Å². The highest BCUT2D eigenvalue weighted by atomic mass is 35.5. The van der Waals surface area contributed by atoms with Crippen LogP contribution in [0.2, 0.25) is 0 Å². The molecule has 25 heavy (non-hydrogen) atoms. The molecular formula is C16H25Cl2F2N3OS. The molecule has 1 amide bonds. The zero-order valence-corrected chi connectivity index (χ0v) is 16.3. The number of thiophene rings is 1. The van der Waals surface area contributed by atoms with Gasteiger partial charge in [-0.05, 0) is 36.8 Å². The molecule has 0 aliphatic carbocycles. The summed E-state index contributed by atoms with van der Waals surface area (Å²) in [6.07, 6.45) is 1.80. The summed E-state index contributed by atoms with van der Waals surface area (Å²) < 4.78 is 26.3. The van der Waals surface area contributed by atoms with E-state index >= 15 is 0 Å². The van der Waals surface area contributed by atoms with E-state index in [4.69, 9.17) is 0 Å². The lowest BCUT2D eigenvalue weighted by Gasteiger charge is -2.32. The first-order valence-electron chi connectivity index (χ1n) is 8.15. The van der Waals surface area contributed by atoms with E-state index in [1.54, 1.807) is 11.3 Å². The quantitative estimate of drug-likeness (QED) is 0.776. The van der Waals surface area contributed by atoms with E-state index in [-0.39, 0.29) is 30.7 Å². The van der Waals surface area contributed by atoms with E-state index in [1.165, 1.54) is 4.88 Å². The van der Waals surface area contributed by atoms with Gasteiger partial charge in [-0.15, -0.1) is 36.2 Å². The molecular weight excluding hydrogens is 391 g/mol. The third kappa shape index (κ3) is 6.64. The van der Waals surface area contributed by atoms with Crippen LogP contribution < -0.4 is 10.6 Å². The van der Waals surface area contributed by atoms with Crippen molar-refractivity contribution in [2.45, 2.75) is 37.8 Å². The molecule has 2 saturated heterocycles. The van der Waals surface area contributed by atoms with Crippen LogP contribution in [0.15, 0.2) is 17.5 Å². The summed E-state index contributed by atoms with van der Waals surface area (Å²) >= 11 is 1.76. The van der Waals surface area contributed by atoms with Gasteiger partial charge in [0.25, 0.3) is 5.92 Å². The van der Waals surface area contributed by atoms with Gasteiger partial charge in [0.2, 0.25) is 5.91 Å². The van der Waals surface area contributed by atoms with E-state index in [0.29, 0.717) is 12.5 Å². The van der Waals surface area contributed by atoms with Gasteiger partial charge < -0.3 is 5.32 Å². The summed E-state index contributed by atoms with van der Waals surface area (Å²) in [5.41, 5.74) is 0. The molecule has 2 unspecified atom stereocenters. The Morgan fingerprint density at radius 1 is 1.44 bits per heavy atom. The lowest BCUT2D eigenvalue weighted by atomic mass is 9.97. The number of rotatable bonds is 5. The van der Waals surface area contributed by atoms with Gasteiger partial charge >= 0.3 is 0 Å². The second-order valence-corrected chi connectivity index (χ2v) is 7.59. The highest BCUT2D eigenvalue weighted by Gasteiger charge is 2.42. The van der Waals surface area contributed by atoms with Crippen LogP contribution in [-0.2, 0) is 11.3 Å². The molecule has 144 valence electrons. The summed E-state index contributed by atoms with van der Waals surface area (Å²) in [6, 6.07) is 3.45. The van der Waals surface area contributed by atoms with Crippen LogP contribution >= 0.6 is 36.2 Å². The van der Waals surface area contributed by atoms with Crippen LogP contribution in [0.5, 0.6) is 0 Å². The van der Waals surface area contributed by atoms with Gasteiger partial charge in [0, 0.05) is 30.9 Å². The molecule has 0 spiro atoms. The van der Waals surface area contributed by atoms with Crippen molar-refractivity contribution in [3.63, 3.8) is 0 Å². The Hall–Kier alpha value is -0.470. The summed E-state index contributed by atoms with van der Waals surface area (Å²) in [5, 5.41) is 7.54. The predicted octanol–water partition coefficient (Wildman–Crippen LogP) is 2.92. The Morgan fingerprint density at radius 3 is 2.88 bits per heavy atom. The van der Waals surface area contributed by atoms with Crippen LogP contribution in [0.3, 0.4) is 0 Å². The Morgan fingerprint density at radius 2 is 2.24 bits per heavy atom. The van der Waals surface area contributed by atoms with Gasteiger partial charge in [0.15, 0.2) is 0 Å². The van der Waals surface area contributed by atoms with Gasteiger partial charge in [0.1, 0.15) is 0 Å². The smallest absolute Gasteiger partial charge is 0.262 e. The number of alkyl halides is 2. The third-order valence-electron chi connectivity index (χ3n) is 4.55. The van der Waals surface area contributed by atoms with Crippen molar-refractivity contribution < 1.29 is 13.6 Å². The zero-order valence-electron chi connectivity index (χ0n) is 13.9. The first-order chi connectivity index (χ1) is 11.0. The summed E-state index contributed by atoms with van der Waals surface area (Å²) in [7, 11) is 0. The number of hydrogen-bond donors (Lipinski definition) is 2. The van der Waals surface area contributed by atoms with Gasteiger partial charge in [-0.2, -0.15) is 0 Å². The molecule has 0 radical (unpaired) electrons. The average molecular weight is 416 g/mol. The maximum atomic E-state index is 13.1. The van der Waals surface area contributed by atoms with E-state index in [2.05, 4.69) is 33.0 Å². The average Bonchev–Trinajstić information content (AvgIpc) is 3.14. The maximum absolute atomic E-state index is 13.1. The molecule has 2 aliphatic rings. The number of carbonyl (C=O) groups excluding carboxylic acids is 1. The molecule has 0 aromatic carbocycles. The lowest BCUT2D eigenvalue weighted by molar-refractivity contribution is -0.123. The Labute approximate surface area is 163 Å². The van der Waals surface area contributed by atoms with Crippen molar-refractivity contribution in [2.24, 2.45) is 5.92 Å². The molecule has 0 saturated carbocycles. The van der Waals surface area contributed by atoms with E-state index in [1.807, 2.05) is 0 Å². The van der Waals surface area contributed by atoms with Crippen molar-refractivity contribution in [3.05, 3.63) is 22.4 Å². The van der Waals surface area contributed by atoms with Crippen molar-refractivity contribution in [1.29, 1.82) is 0 Å². The molecule has 2 N–H and O–H groups in total. The standard InChI is InChI=1S/C16H23F2N3OS.2ClH/c17-16(18)7-14(20-11-16)15(22)19-8-12-3-1-5-21(9-12)10-13-4-2-6-23-13;;/h2,4,6,12,14,20H,1,3,5,7-11H2,(H,19,22);2*1H. The molecule has 3 rings (SSSR count). The molecule has 1 aromatic heterocycles. The number of nitrogens with zero attached hydrogens (tertiary/aromatic N) is 1. The van der Waals surface area contributed by atoms with Crippen molar-refractivity contribution in [1.82, 2.24) is 15.5 Å². The lowest BCUT2D eigenvalue weighted by Crippen LogP contribution is -2.45. The number of halogens is 4. The minimum atomic E-state index is -2.76. The van der Waals surface area contributed by atoms with Crippen LogP contribution in [-0.4, -0.2) is 49.0 Å². The monoisotopic (exact) mass is 415 g/mol. The van der Waals surface area contributed by atoms with Crippen LogP contribution in [0.1, 0.15) is 24.1 Å². The Kier molecular flexibility index (Phi) is 9.04. The molecule has 2 fully saturated rings. The summed E-state index contributed by atoms with van der Waals surface area (Å²) in [4.78, 5) is 15.8. The minimum absolute atomic E-state index is 0. The fourth-order valence-electron chi connectivity index (χ4n) is 3.35. The van der Waals surface area contributed by atoms with E-state index < -0.39 is 24.9 Å². The molecule has 2 atom stereocenters. The van der Waals surface area contributed by atoms with Crippen molar-refractivity contribution in [3.8, 4) is 0 Å². The first kappa shape index (κ1) is 22.6. The number of nitrogens with one attached hydrogen (secondary N) is 2. The zero-order chi connectivity index (χ0) is 16.3. The van der Waals surface area contributed by atoms with Crippen molar-refractivity contribution >= 4 is 42.1 Å². The first-order valence-corrected chi connectivity index (χ1v) is 9.03. The number of likely N-dealkylation sites (tertiary alicyclic amines) is 1. The number of hydrogen-bond acceptors (Lipinski definition) is 4. The maximum Gasteiger partial charge on any atom is 0.262 e. The molecule has 1 aromatic rings. The minimum Gasteiger partial charge on any atom is -0.354 e. The van der Waals surface area contributed by atoms with Gasteiger partial charge in [-0.3, -0.25) is 15.0 Å². The van der Waals surface area contributed by atoms with Crippen molar-refractivity contribution in [2.75, 3.05) is 26.2 Å². The highest BCUT2D eigenvalue weighted by Crippen LogP contribution is 2.25. The highest BCUT2D eigenvalue weighted by molar-refractivity contribution is 7.09. The molecule has 3 heterocycles. The van der Waals surface area contributed by atoms with Crippen LogP contribution in [0.25, 0.3) is 0 Å². The molecule has 4 nitrogen and oxygen atoms in total. The largest absolute Gasteiger partial charge is 0.354 e. The predicted molar refractivity (Wildman–Crippen MR) is 101 cm³/mol. The number of amides is 1.